The second-order valence-electron chi connectivity index (χ2n) is 5.06. The normalized spacial score (nSPS) is 20.8. The van der Waals surface area contributed by atoms with E-state index in [0.717, 1.165) is 22.8 Å². The van der Waals surface area contributed by atoms with Crippen LogP contribution >= 0.6 is 27.5 Å². The molecule has 2 rings (SSSR count). The standard InChI is InChI=1S/C15H21BrClN/c1-2-12-5-4-9-18(10-8-12)15-7-3-6-14(17)13(15)11-16/h3,6-7,12H,2,4-5,8-11H2,1H3. The SMILES string of the molecule is CCC1CCCN(c2cccc(Cl)c2CBr)CC1. The maximum Gasteiger partial charge on any atom is 0.0467 e. The summed E-state index contributed by atoms with van der Waals surface area (Å²) in [6.45, 7) is 4.64. The first-order valence-corrected chi connectivity index (χ1v) is 8.34. The van der Waals surface area contributed by atoms with Gasteiger partial charge in [-0.05, 0) is 37.3 Å². The lowest BCUT2D eigenvalue weighted by molar-refractivity contribution is 0.459. The summed E-state index contributed by atoms with van der Waals surface area (Å²) in [6, 6.07) is 6.25. The summed E-state index contributed by atoms with van der Waals surface area (Å²) < 4.78 is 0. The van der Waals surface area contributed by atoms with E-state index in [9.17, 15) is 0 Å². The van der Waals surface area contributed by atoms with E-state index >= 15 is 0 Å². The first-order chi connectivity index (χ1) is 8.76. The summed E-state index contributed by atoms with van der Waals surface area (Å²) in [4.78, 5) is 2.51. The highest BCUT2D eigenvalue weighted by atomic mass is 79.9. The van der Waals surface area contributed by atoms with E-state index in [1.807, 2.05) is 6.07 Å². The third-order valence-electron chi connectivity index (χ3n) is 3.99. The minimum absolute atomic E-state index is 0.829. The van der Waals surface area contributed by atoms with Crippen molar-refractivity contribution in [2.24, 2.45) is 5.92 Å². The first-order valence-electron chi connectivity index (χ1n) is 6.84. The molecule has 18 heavy (non-hydrogen) atoms. The Kier molecular flexibility index (Phi) is 5.38. The van der Waals surface area contributed by atoms with Gasteiger partial charge in [-0.25, -0.2) is 0 Å². The fourth-order valence-electron chi connectivity index (χ4n) is 2.79. The molecule has 0 spiro atoms. The van der Waals surface area contributed by atoms with E-state index in [1.165, 1.54) is 43.5 Å². The van der Waals surface area contributed by atoms with Crippen LogP contribution in [0.2, 0.25) is 5.02 Å². The highest BCUT2D eigenvalue weighted by Gasteiger charge is 2.18. The van der Waals surface area contributed by atoms with Gasteiger partial charge >= 0.3 is 0 Å². The molecule has 1 atom stereocenters. The molecule has 1 aliphatic heterocycles. The second-order valence-corrected chi connectivity index (χ2v) is 6.03. The molecule has 0 aliphatic carbocycles. The average molecular weight is 331 g/mol. The van der Waals surface area contributed by atoms with E-state index in [0.29, 0.717) is 0 Å². The summed E-state index contributed by atoms with van der Waals surface area (Å²) in [5.74, 6) is 0.904. The van der Waals surface area contributed by atoms with Gasteiger partial charge in [0.1, 0.15) is 0 Å². The predicted molar refractivity (Wildman–Crippen MR) is 83.9 cm³/mol. The van der Waals surface area contributed by atoms with Crippen molar-refractivity contribution in [2.75, 3.05) is 18.0 Å². The molecule has 100 valence electrons. The van der Waals surface area contributed by atoms with E-state index in [-0.39, 0.29) is 0 Å². The number of anilines is 1. The third kappa shape index (κ3) is 3.21. The van der Waals surface area contributed by atoms with Gasteiger partial charge in [0.05, 0.1) is 0 Å². The van der Waals surface area contributed by atoms with Crippen LogP contribution in [0.3, 0.4) is 0 Å². The van der Waals surface area contributed by atoms with Crippen LogP contribution < -0.4 is 4.90 Å². The van der Waals surface area contributed by atoms with E-state index in [4.69, 9.17) is 11.6 Å². The van der Waals surface area contributed by atoms with Crippen molar-refractivity contribution in [1.29, 1.82) is 0 Å². The zero-order valence-corrected chi connectivity index (χ0v) is 13.3. The van der Waals surface area contributed by atoms with Gasteiger partial charge in [0.15, 0.2) is 0 Å². The smallest absolute Gasteiger partial charge is 0.0467 e. The monoisotopic (exact) mass is 329 g/mol. The van der Waals surface area contributed by atoms with Crippen molar-refractivity contribution in [3.63, 3.8) is 0 Å². The Hall–Kier alpha value is -0.210. The van der Waals surface area contributed by atoms with Crippen molar-refractivity contribution in [1.82, 2.24) is 0 Å². The fraction of sp³-hybridized carbons (Fsp3) is 0.600. The molecular weight excluding hydrogens is 310 g/mol. The molecule has 1 fully saturated rings. The lowest BCUT2D eigenvalue weighted by Crippen LogP contribution is -2.25. The molecule has 0 bridgehead atoms. The number of nitrogens with zero attached hydrogens (tertiary/aromatic N) is 1. The van der Waals surface area contributed by atoms with E-state index in [1.54, 1.807) is 0 Å². The highest BCUT2D eigenvalue weighted by Crippen LogP contribution is 2.32. The van der Waals surface area contributed by atoms with E-state index in [2.05, 4.69) is 39.9 Å². The minimum atomic E-state index is 0.829. The van der Waals surface area contributed by atoms with Crippen LogP contribution in [0, 0.1) is 5.92 Å². The van der Waals surface area contributed by atoms with Gasteiger partial charge in [-0.2, -0.15) is 0 Å². The number of hydrogen-bond acceptors (Lipinski definition) is 1. The fourth-order valence-corrected chi connectivity index (χ4v) is 3.78. The number of benzene rings is 1. The number of hydrogen-bond donors (Lipinski definition) is 0. The van der Waals surface area contributed by atoms with Crippen LogP contribution in [0.1, 0.15) is 38.2 Å². The average Bonchev–Trinajstić information content (AvgIpc) is 2.63. The molecule has 1 aromatic rings. The molecule has 0 radical (unpaired) electrons. The maximum absolute atomic E-state index is 6.29. The topological polar surface area (TPSA) is 3.24 Å². The molecule has 1 aromatic carbocycles. The van der Waals surface area contributed by atoms with Crippen molar-refractivity contribution < 1.29 is 0 Å². The largest absolute Gasteiger partial charge is 0.371 e. The Morgan fingerprint density at radius 3 is 2.89 bits per heavy atom. The van der Waals surface area contributed by atoms with Crippen molar-refractivity contribution in [3.05, 3.63) is 28.8 Å². The predicted octanol–water partition coefficient (Wildman–Crippen LogP) is 5.25. The minimum Gasteiger partial charge on any atom is -0.371 e. The van der Waals surface area contributed by atoms with Gasteiger partial charge < -0.3 is 4.90 Å². The maximum atomic E-state index is 6.29. The van der Waals surface area contributed by atoms with Crippen LogP contribution in [-0.4, -0.2) is 13.1 Å². The number of halogens is 2. The Morgan fingerprint density at radius 1 is 1.33 bits per heavy atom. The van der Waals surface area contributed by atoms with Crippen LogP contribution in [0.5, 0.6) is 0 Å². The zero-order chi connectivity index (χ0) is 13.0. The lowest BCUT2D eigenvalue weighted by atomic mass is 9.98. The third-order valence-corrected chi connectivity index (χ3v) is 4.91. The summed E-state index contributed by atoms with van der Waals surface area (Å²) in [5, 5.41) is 1.70. The summed E-state index contributed by atoms with van der Waals surface area (Å²) in [5.41, 5.74) is 2.55. The van der Waals surface area contributed by atoms with Crippen molar-refractivity contribution in [2.45, 2.75) is 37.9 Å². The van der Waals surface area contributed by atoms with Gasteiger partial charge in [0, 0.05) is 34.7 Å². The van der Waals surface area contributed by atoms with Crippen LogP contribution in [0.15, 0.2) is 18.2 Å². The second kappa shape index (κ2) is 6.81. The quantitative estimate of drug-likeness (QED) is 0.684. The molecule has 1 heterocycles. The first kappa shape index (κ1) is 14.2. The summed E-state index contributed by atoms with van der Waals surface area (Å²) >= 11 is 9.85. The summed E-state index contributed by atoms with van der Waals surface area (Å²) in [7, 11) is 0. The Morgan fingerprint density at radius 2 is 2.17 bits per heavy atom. The van der Waals surface area contributed by atoms with Gasteiger partial charge in [-0.1, -0.05) is 46.9 Å². The number of alkyl halides is 1. The molecule has 0 amide bonds. The van der Waals surface area contributed by atoms with Gasteiger partial charge in [-0.3, -0.25) is 0 Å². The van der Waals surface area contributed by atoms with Gasteiger partial charge in [-0.15, -0.1) is 0 Å². The Bertz CT molecular complexity index is 394. The molecule has 1 unspecified atom stereocenters. The Balaban J connectivity index is 2.18. The lowest BCUT2D eigenvalue weighted by Gasteiger charge is -2.25. The van der Waals surface area contributed by atoms with Crippen LogP contribution in [-0.2, 0) is 5.33 Å². The van der Waals surface area contributed by atoms with Gasteiger partial charge in [0.25, 0.3) is 0 Å². The highest BCUT2D eigenvalue weighted by molar-refractivity contribution is 9.08. The molecule has 1 aliphatic rings. The van der Waals surface area contributed by atoms with Crippen LogP contribution in [0.4, 0.5) is 5.69 Å². The molecule has 0 saturated carbocycles. The molecule has 1 saturated heterocycles. The van der Waals surface area contributed by atoms with E-state index < -0.39 is 0 Å². The zero-order valence-electron chi connectivity index (χ0n) is 11.0. The molecule has 0 aromatic heterocycles. The van der Waals surface area contributed by atoms with Gasteiger partial charge in [0.2, 0.25) is 0 Å². The molecule has 1 nitrogen and oxygen atoms in total. The van der Waals surface area contributed by atoms with Crippen molar-refractivity contribution in [3.8, 4) is 0 Å². The molecule has 0 N–H and O–H groups in total. The molecular formula is C15H21BrClN. The summed E-state index contributed by atoms with van der Waals surface area (Å²) in [6.07, 6.45) is 5.30. The van der Waals surface area contributed by atoms with Crippen LogP contribution in [0.25, 0.3) is 0 Å². The Labute approximate surface area is 124 Å². The van der Waals surface area contributed by atoms with Crippen molar-refractivity contribution >= 4 is 33.2 Å². The number of rotatable bonds is 3. The molecule has 3 heteroatoms.